The predicted molar refractivity (Wildman–Crippen MR) is 192 cm³/mol. The Morgan fingerprint density at radius 1 is 1.10 bits per heavy atom. The maximum absolute atomic E-state index is 12.6. The van der Waals surface area contributed by atoms with Gasteiger partial charge in [-0.25, -0.2) is 9.67 Å². The number of halogens is 4. The van der Waals surface area contributed by atoms with E-state index in [0.29, 0.717) is 40.3 Å². The summed E-state index contributed by atoms with van der Waals surface area (Å²) in [5.74, 6) is -0.674. The molecule has 0 spiro atoms. The van der Waals surface area contributed by atoms with E-state index in [0.717, 1.165) is 18.4 Å². The molecule has 1 saturated carbocycles. The van der Waals surface area contributed by atoms with E-state index in [4.69, 9.17) is 65.4 Å². The van der Waals surface area contributed by atoms with Crippen LogP contribution in [0.4, 0.5) is 0 Å². The number of hydrogen-bond acceptors (Lipinski definition) is 8. The Kier molecular flexibility index (Phi) is 12.5. The van der Waals surface area contributed by atoms with Gasteiger partial charge in [0.1, 0.15) is 41.3 Å². The van der Waals surface area contributed by atoms with E-state index >= 15 is 0 Å². The number of aromatic nitrogens is 3. The van der Waals surface area contributed by atoms with Crippen LogP contribution < -0.4 is 4.74 Å². The summed E-state index contributed by atoms with van der Waals surface area (Å²) in [4.78, 5) is 16.6. The van der Waals surface area contributed by atoms with Gasteiger partial charge in [0.05, 0.1) is 23.7 Å². The van der Waals surface area contributed by atoms with Crippen molar-refractivity contribution in [3.63, 3.8) is 0 Å². The van der Waals surface area contributed by atoms with Gasteiger partial charge in [0.15, 0.2) is 0 Å². The van der Waals surface area contributed by atoms with Gasteiger partial charge in [-0.1, -0.05) is 110 Å². The molecular formula is C37H36Cl4N4O5. The van der Waals surface area contributed by atoms with Crippen LogP contribution in [-0.2, 0) is 31.3 Å². The summed E-state index contributed by atoms with van der Waals surface area (Å²) < 4.78 is 25.4. The van der Waals surface area contributed by atoms with Crippen LogP contribution in [0.2, 0.25) is 10.0 Å². The van der Waals surface area contributed by atoms with Crippen molar-refractivity contribution in [1.29, 1.82) is 5.26 Å². The Bertz CT molecular complexity index is 1830. The first kappa shape index (κ1) is 37.6. The van der Waals surface area contributed by atoms with Gasteiger partial charge < -0.3 is 18.9 Å². The monoisotopic (exact) mass is 756 g/mol. The fourth-order valence-electron chi connectivity index (χ4n) is 5.96. The second-order valence-corrected chi connectivity index (χ2v) is 14.4. The molecule has 1 aliphatic heterocycles. The summed E-state index contributed by atoms with van der Waals surface area (Å²) in [6.45, 7) is 6.91. The van der Waals surface area contributed by atoms with Crippen molar-refractivity contribution in [1.82, 2.24) is 14.8 Å². The van der Waals surface area contributed by atoms with Crippen LogP contribution in [0.1, 0.15) is 50.8 Å². The summed E-state index contributed by atoms with van der Waals surface area (Å²) in [6, 6.07) is 23.6. The van der Waals surface area contributed by atoms with Crippen molar-refractivity contribution >= 4 is 52.4 Å². The molecule has 262 valence electrons. The van der Waals surface area contributed by atoms with Crippen LogP contribution in [0.15, 0.2) is 96.0 Å². The van der Waals surface area contributed by atoms with Crippen LogP contribution in [0.25, 0.3) is 0 Å². The van der Waals surface area contributed by atoms with Gasteiger partial charge in [0.2, 0.25) is 11.9 Å². The van der Waals surface area contributed by atoms with Crippen molar-refractivity contribution < 1.29 is 23.7 Å². The molecule has 13 heteroatoms. The molecule has 1 aliphatic carbocycles. The molecule has 0 radical (unpaired) electrons. The molecule has 4 aromatic rings. The number of hydrogen-bond donors (Lipinski definition) is 0. The van der Waals surface area contributed by atoms with Crippen LogP contribution in [0.3, 0.4) is 0 Å². The molecule has 3 aromatic carbocycles. The van der Waals surface area contributed by atoms with Gasteiger partial charge in [0.25, 0.3) is 0 Å². The first-order valence-corrected chi connectivity index (χ1v) is 17.5. The first-order chi connectivity index (χ1) is 24.0. The summed E-state index contributed by atoms with van der Waals surface area (Å²) >= 11 is 23.8. The number of allylic oxidation sites excluding steroid dienone is 1. The van der Waals surface area contributed by atoms with Crippen molar-refractivity contribution in [3.8, 4) is 17.6 Å². The second-order valence-electron chi connectivity index (χ2n) is 12.5. The Hall–Kier alpha value is -3.62. The highest BCUT2D eigenvalue weighted by atomic mass is 35.5. The van der Waals surface area contributed by atoms with Gasteiger partial charge in [-0.05, 0) is 60.2 Å². The Balaban J connectivity index is 0.000000200. The molecule has 6 rings (SSSR count). The van der Waals surface area contributed by atoms with E-state index < -0.39 is 17.9 Å². The minimum Gasteiger partial charge on any atom is -0.457 e. The number of nitrogens with zero attached hydrogens (tertiary/aromatic N) is 4. The number of carbonyl (C=O) groups is 1. The largest absolute Gasteiger partial charge is 0.457 e. The summed E-state index contributed by atoms with van der Waals surface area (Å²) in [5, 5.41) is 14.8. The SMILES string of the molecule is CC1(C)C(C=C(Cl)Cl)C1C(=O)OC(C#N)c1cccc(Oc2ccccc2)c1.CCCC1COC(Cn2cncn2)(c2ccc(Cl)cc2Cl)O1. The zero-order chi connectivity index (χ0) is 35.9. The summed E-state index contributed by atoms with van der Waals surface area (Å²) in [7, 11) is 0. The molecule has 50 heavy (non-hydrogen) atoms. The van der Waals surface area contributed by atoms with Gasteiger partial charge in [-0.15, -0.1) is 0 Å². The molecule has 1 aromatic heterocycles. The zero-order valence-corrected chi connectivity index (χ0v) is 30.7. The normalized spacial score (nSPS) is 22.3. The molecule has 5 unspecified atom stereocenters. The highest BCUT2D eigenvalue weighted by Crippen LogP contribution is 2.60. The molecule has 5 atom stereocenters. The number of rotatable bonds is 11. The lowest BCUT2D eigenvalue weighted by Crippen LogP contribution is -2.34. The number of carbonyl (C=O) groups excluding carboxylic acids is 1. The van der Waals surface area contributed by atoms with Crippen LogP contribution in [0.5, 0.6) is 11.5 Å². The van der Waals surface area contributed by atoms with Gasteiger partial charge in [-0.3, -0.25) is 4.79 Å². The Morgan fingerprint density at radius 2 is 1.86 bits per heavy atom. The Labute approximate surface area is 311 Å². The average molecular weight is 759 g/mol. The quantitative estimate of drug-likeness (QED) is 0.139. The minimum atomic E-state index is -1.03. The van der Waals surface area contributed by atoms with E-state index in [-0.39, 0.29) is 27.8 Å². The van der Waals surface area contributed by atoms with E-state index in [9.17, 15) is 10.1 Å². The number of para-hydroxylation sites is 1. The van der Waals surface area contributed by atoms with Crippen molar-refractivity contribution in [2.75, 3.05) is 6.61 Å². The molecular weight excluding hydrogens is 722 g/mol. The summed E-state index contributed by atoms with van der Waals surface area (Å²) in [6.07, 6.45) is 5.73. The number of ether oxygens (including phenoxy) is 4. The molecule has 0 amide bonds. The average Bonchev–Trinajstić information content (AvgIpc) is 3.46. The maximum atomic E-state index is 12.6. The lowest BCUT2D eigenvalue weighted by molar-refractivity contribution is -0.189. The number of esters is 1. The topological polar surface area (TPSA) is 108 Å². The van der Waals surface area contributed by atoms with E-state index in [1.807, 2.05) is 56.3 Å². The van der Waals surface area contributed by atoms with Gasteiger partial charge in [-0.2, -0.15) is 10.4 Å². The standard InChI is InChI=1S/C22H19Cl2NO3.C15H17Cl2N3O2/c1-22(2)17(12-19(23)24)20(22)21(26)28-18(13-25)14-7-6-10-16(11-14)27-15-8-4-3-5-9-15;1-2-3-12-7-21-15(22-12,8-20-10-18-9-19-20)13-5-4-11(16)6-14(13)17/h3-12,17-18,20H,1-2H3;4-6,9-10,12H,2-3,7-8H2,1H3. The zero-order valence-electron chi connectivity index (χ0n) is 27.6. The van der Waals surface area contributed by atoms with Crippen molar-refractivity contribution in [2.45, 2.75) is 58.2 Å². The third-order valence-electron chi connectivity index (χ3n) is 8.61. The first-order valence-electron chi connectivity index (χ1n) is 16.0. The number of benzene rings is 3. The molecule has 0 N–H and O–H groups in total. The van der Waals surface area contributed by atoms with Crippen LogP contribution in [-0.4, -0.2) is 33.4 Å². The fourth-order valence-corrected chi connectivity index (χ4v) is 6.79. The molecule has 2 fully saturated rings. The molecule has 2 aliphatic rings. The molecule has 1 saturated heterocycles. The molecule has 2 heterocycles. The third kappa shape index (κ3) is 9.18. The smallest absolute Gasteiger partial charge is 0.311 e. The lowest BCUT2D eigenvalue weighted by Gasteiger charge is -2.29. The molecule has 0 bridgehead atoms. The third-order valence-corrected chi connectivity index (χ3v) is 9.41. The van der Waals surface area contributed by atoms with E-state index in [2.05, 4.69) is 17.0 Å². The van der Waals surface area contributed by atoms with Gasteiger partial charge in [0, 0.05) is 16.1 Å². The maximum Gasteiger partial charge on any atom is 0.311 e. The fraction of sp³-hybridized carbons (Fsp3) is 0.351. The number of nitriles is 1. The Morgan fingerprint density at radius 3 is 2.52 bits per heavy atom. The van der Waals surface area contributed by atoms with Crippen molar-refractivity contribution in [3.05, 3.63) is 117 Å². The highest BCUT2D eigenvalue weighted by molar-refractivity contribution is 6.55. The van der Waals surface area contributed by atoms with E-state index in [1.165, 1.54) is 6.33 Å². The van der Waals surface area contributed by atoms with Crippen molar-refractivity contribution in [2.24, 2.45) is 17.3 Å². The second kappa shape index (κ2) is 16.6. The summed E-state index contributed by atoms with van der Waals surface area (Å²) in [5.41, 5.74) is 0.988. The minimum absolute atomic E-state index is 0.0419. The van der Waals surface area contributed by atoms with Gasteiger partial charge >= 0.3 is 5.97 Å². The predicted octanol–water partition coefficient (Wildman–Crippen LogP) is 9.83. The van der Waals surface area contributed by atoms with E-state index in [1.54, 1.807) is 53.5 Å². The molecule has 9 nitrogen and oxygen atoms in total. The highest BCUT2D eigenvalue weighted by Gasteiger charge is 2.62. The van der Waals surface area contributed by atoms with Crippen LogP contribution >= 0.6 is 46.4 Å². The lowest BCUT2D eigenvalue weighted by atomic mass is 10.1. The van der Waals surface area contributed by atoms with Crippen LogP contribution in [0, 0.1) is 28.6 Å².